The molecule has 0 bridgehead atoms. The maximum atomic E-state index is 2.33. The number of benzene rings is 12. The highest BCUT2D eigenvalue weighted by atomic mass is 14.2. The molecule has 12 aromatic rings. The van der Waals surface area contributed by atoms with Gasteiger partial charge in [-0.2, -0.15) is 0 Å². The minimum Gasteiger partial charge on any atom is -0.0616 e. The molecular weight excluding hydrogens is 721 g/mol. The van der Waals surface area contributed by atoms with Crippen molar-refractivity contribution in [1.82, 2.24) is 0 Å². The monoisotopic (exact) mass is 758 g/mol. The Kier molecular flexibility index (Phi) is 7.96. The van der Waals surface area contributed by atoms with Gasteiger partial charge < -0.3 is 0 Å². The molecule has 12 aromatic carbocycles. The van der Waals surface area contributed by atoms with Crippen LogP contribution in [-0.4, -0.2) is 0 Å². The Morgan fingerprint density at radius 3 is 0.700 bits per heavy atom. The molecule has 0 nitrogen and oxygen atoms in total. The van der Waals surface area contributed by atoms with Crippen LogP contribution in [0.15, 0.2) is 231 Å². The number of hydrogen-bond donors (Lipinski definition) is 0. The summed E-state index contributed by atoms with van der Waals surface area (Å²) in [5, 5.41) is 15.1. The lowest BCUT2D eigenvalue weighted by Crippen LogP contribution is -1.94. The van der Waals surface area contributed by atoms with Gasteiger partial charge >= 0.3 is 0 Å². The summed E-state index contributed by atoms with van der Waals surface area (Å²) in [5.74, 6) is 0. The maximum absolute atomic E-state index is 2.33. The minimum absolute atomic E-state index is 1.22. The Hall–Kier alpha value is -7.80. The predicted molar refractivity (Wildman–Crippen MR) is 259 cm³/mol. The van der Waals surface area contributed by atoms with E-state index in [2.05, 4.69) is 231 Å². The van der Waals surface area contributed by atoms with Gasteiger partial charge in [-0.3, -0.25) is 0 Å². The zero-order chi connectivity index (χ0) is 39.6. The first kappa shape index (κ1) is 34.3. The molecule has 0 aliphatic carbocycles. The van der Waals surface area contributed by atoms with Gasteiger partial charge in [0.1, 0.15) is 0 Å². The van der Waals surface area contributed by atoms with Crippen molar-refractivity contribution in [2.75, 3.05) is 0 Å². The van der Waals surface area contributed by atoms with Gasteiger partial charge in [-0.05, 0) is 120 Å². The third kappa shape index (κ3) is 5.39. The van der Waals surface area contributed by atoms with Crippen LogP contribution in [0, 0.1) is 0 Å². The summed E-state index contributed by atoms with van der Waals surface area (Å²) < 4.78 is 0. The van der Waals surface area contributed by atoms with E-state index >= 15 is 0 Å². The number of rotatable bonds is 5. The Morgan fingerprint density at radius 1 is 0.150 bits per heavy atom. The van der Waals surface area contributed by atoms with Crippen molar-refractivity contribution in [1.29, 1.82) is 0 Å². The van der Waals surface area contributed by atoms with Crippen molar-refractivity contribution < 1.29 is 0 Å². The van der Waals surface area contributed by atoms with E-state index in [1.807, 2.05) is 0 Å². The van der Waals surface area contributed by atoms with Gasteiger partial charge in [-0.25, -0.2) is 0 Å². The molecule has 278 valence electrons. The number of fused-ring (bicyclic) bond motifs is 6. The van der Waals surface area contributed by atoms with Gasteiger partial charge in [0.15, 0.2) is 0 Å². The van der Waals surface area contributed by atoms with Gasteiger partial charge in [0.25, 0.3) is 0 Å². The third-order valence-corrected chi connectivity index (χ3v) is 12.7. The van der Waals surface area contributed by atoms with Crippen molar-refractivity contribution in [2.24, 2.45) is 0 Å². The Labute approximate surface area is 349 Å². The standard InChI is InChI=1S/C60H38/c1-3-19-45-39(15-1)17-13-29-47(45)41-31-35-43(36-32-41)57-49-21-5-9-25-53(49)59(54-26-10-6-22-50(54)57)60-55-27-11-7-23-51(55)58(52-24-8-12-28-56(52)60)44-37-33-42(34-38-44)48-30-14-18-40-16-2-4-20-46(40)48/h1-38H. The van der Waals surface area contributed by atoms with Crippen LogP contribution in [0.5, 0.6) is 0 Å². The quantitative estimate of drug-likeness (QED) is 0.153. The molecule has 0 aliphatic heterocycles. The average Bonchev–Trinajstić information content (AvgIpc) is 3.32. The van der Waals surface area contributed by atoms with Crippen LogP contribution < -0.4 is 0 Å². The first-order valence-electron chi connectivity index (χ1n) is 20.8. The van der Waals surface area contributed by atoms with Crippen LogP contribution in [0.25, 0.3) is 120 Å². The van der Waals surface area contributed by atoms with Crippen LogP contribution in [-0.2, 0) is 0 Å². The van der Waals surface area contributed by atoms with Crippen LogP contribution >= 0.6 is 0 Å². The van der Waals surface area contributed by atoms with Crippen molar-refractivity contribution >= 4 is 64.6 Å². The predicted octanol–water partition coefficient (Wildman–Crippen LogP) is 16.9. The molecular formula is C60H38. The molecule has 0 saturated heterocycles. The molecule has 0 heteroatoms. The lowest BCUT2D eigenvalue weighted by Gasteiger charge is -2.22. The van der Waals surface area contributed by atoms with Crippen LogP contribution in [0.1, 0.15) is 0 Å². The van der Waals surface area contributed by atoms with Crippen LogP contribution in [0.4, 0.5) is 0 Å². The highest BCUT2D eigenvalue weighted by Crippen LogP contribution is 2.50. The third-order valence-electron chi connectivity index (χ3n) is 12.7. The molecule has 0 amide bonds. The van der Waals surface area contributed by atoms with Crippen molar-refractivity contribution in [3.63, 3.8) is 0 Å². The summed E-state index contributed by atoms with van der Waals surface area (Å²) in [6.07, 6.45) is 0. The lowest BCUT2D eigenvalue weighted by atomic mass is 9.81. The van der Waals surface area contributed by atoms with E-state index in [1.54, 1.807) is 0 Å². The van der Waals surface area contributed by atoms with Crippen molar-refractivity contribution in [3.8, 4) is 55.6 Å². The van der Waals surface area contributed by atoms with Crippen molar-refractivity contribution in [3.05, 3.63) is 231 Å². The topological polar surface area (TPSA) is 0 Å². The van der Waals surface area contributed by atoms with E-state index in [-0.39, 0.29) is 0 Å². The van der Waals surface area contributed by atoms with Gasteiger partial charge in [-0.1, -0.05) is 231 Å². The average molecular weight is 759 g/mol. The molecule has 60 heavy (non-hydrogen) atoms. The molecule has 0 fully saturated rings. The highest BCUT2D eigenvalue weighted by Gasteiger charge is 2.22. The Morgan fingerprint density at radius 2 is 0.383 bits per heavy atom. The smallest absolute Gasteiger partial charge is 0.00139 e. The van der Waals surface area contributed by atoms with E-state index < -0.39 is 0 Å². The molecule has 0 spiro atoms. The first-order valence-corrected chi connectivity index (χ1v) is 20.8. The molecule has 0 heterocycles. The SMILES string of the molecule is c1ccc2c(-c3ccc(-c4c5ccccc5c(-c5c6ccccc6c(-c6ccc(-c7cccc8ccccc78)cc6)c6ccccc56)c5ccccc45)cc3)cccc2c1. The van der Waals surface area contributed by atoms with Gasteiger partial charge in [0, 0.05) is 0 Å². The normalized spacial score (nSPS) is 11.7. The van der Waals surface area contributed by atoms with E-state index in [1.165, 1.54) is 120 Å². The Bertz CT molecular complexity index is 3260. The molecule has 0 saturated carbocycles. The maximum Gasteiger partial charge on any atom is -0.00139 e. The molecule has 0 radical (unpaired) electrons. The van der Waals surface area contributed by atoms with Gasteiger partial charge in [0.2, 0.25) is 0 Å². The lowest BCUT2D eigenvalue weighted by molar-refractivity contribution is 1.63. The summed E-state index contributed by atoms with van der Waals surface area (Å²) in [5.41, 5.74) is 12.5. The molecule has 0 aliphatic rings. The fraction of sp³-hybridized carbons (Fsp3) is 0. The first-order chi connectivity index (χ1) is 29.8. The second kappa shape index (κ2) is 13.9. The molecule has 0 atom stereocenters. The largest absolute Gasteiger partial charge is 0.0616 e. The van der Waals surface area contributed by atoms with E-state index in [0.29, 0.717) is 0 Å². The molecule has 0 N–H and O–H groups in total. The van der Waals surface area contributed by atoms with Crippen LogP contribution in [0.3, 0.4) is 0 Å². The van der Waals surface area contributed by atoms with E-state index in [4.69, 9.17) is 0 Å². The second-order valence-electron chi connectivity index (χ2n) is 15.9. The van der Waals surface area contributed by atoms with Gasteiger partial charge in [-0.15, -0.1) is 0 Å². The molecule has 0 aromatic heterocycles. The fourth-order valence-electron chi connectivity index (χ4n) is 10.0. The fourth-order valence-corrected chi connectivity index (χ4v) is 10.0. The highest BCUT2D eigenvalue weighted by molar-refractivity contribution is 6.30. The molecule has 12 rings (SSSR count). The minimum atomic E-state index is 1.22. The van der Waals surface area contributed by atoms with Gasteiger partial charge in [0.05, 0.1) is 0 Å². The zero-order valence-corrected chi connectivity index (χ0v) is 32.9. The Balaban J connectivity index is 1.07. The summed E-state index contributed by atoms with van der Waals surface area (Å²) in [7, 11) is 0. The number of hydrogen-bond acceptors (Lipinski definition) is 0. The van der Waals surface area contributed by atoms with E-state index in [0.717, 1.165) is 0 Å². The summed E-state index contributed by atoms with van der Waals surface area (Å²) >= 11 is 0. The molecule has 0 unspecified atom stereocenters. The summed E-state index contributed by atoms with van der Waals surface area (Å²) in [4.78, 5) is 0. The van der Waals surface area contributed by atoms with Crippen LogP contribution in [0.2, 0.25) is 0 Å². The summed E-state index contributed by atoms with van der Waals surface area (Å²) in [6, 6.07) is 85.1. The zero-order valence-electron chi connectivity index (χ0n) is 32.9. The van der Waals surface area contributed by atoms with Crippen molar-refractivity contribution in [2.45, 2.75) is 0 Å². The van der Waals surface area contributed by atoms with E-state index in [9.17, 15) is 0 Å². The second-order valence-corrected chi connectivity index (χ2v) is 15.9. The summed E-state index contributed by atoms with van der Waals surface area (Å²) in [6.45, 7) is 0.